The molecule has 0 saturated heterocycles. The summed E-state index contributed by atoms with van der Waals surface area (Å²) in [5.41, 5.74) is 9.09. The molecule has 0 heterocycles. The molecular formula is C28H47FN5O7PS2V. The minimum absolute atomic E-state index is 0. The quantitative estimate of drug-likeness (QED) is 0.0643. The normalized spacial score (nSPS) is 11.4. The van der Waals surface area contributed by atoms with E-state index in [1.54, 1.807) is 52.1 Å². The summed E-state index contributed by atoms with van der Waals surface area (Å²) in [6.07, 6.45) is 3.09. The number of carbonyl (C=O) groups is 5. The van der Waals surface area contributed by atoms with Crippen molar-refractivity contribution in [3.63, 3.8) is 0 Å². The number of alkyl halides is 1. The van der Waals surface area contributed by atoms with Gasteiger partial charge in [-0.25, -0.2) is 4.39 Å². The second kappa shape index (κ2) is 32.1. The molecule has 3 amide bonds. The van der Waals surface area contributed by atoms with E-state index in [-0.39, 0.29) is 42.6 Å². The number of nitrogens with two attached hydrogens (primary N) is 2. The van der Waals surface area contributed by atoms with Crippen molar-refractivity contribution in [2.24, 2.45) is 11.5 Å². The molecule has 1 rings (SSSR count). The van der Waals surface area contributed by atoms with Gasteiger partial charge in [0, 0.05) is 37.3 Å². The van der Waals surface area contributed by atoms with Crippen LogP contribution in [0.4, 0.5) is 10.1 Å². The number of ketones is 2. The summed E-state index contributed by atoms with van der Waals surface area (Å²) in [5.74, 6) is -2.76. The molecule has 1 aromatic rings. The summed E-state index contributed by atoms with van der Waals surface area (Å²) in [6, 6.07) is 6.89. The Bertz CT molecular complexity index is 1030. The predicted octanol–water partition coefficient (Wildman–Crippen LogP) is 2.46. The fourth-order valence-corrected chi connectivity index (χ4v) is 3.53. The molecule has 1 aromatic carbocycles. The molecule has 0 aliphatic rings. The van der Waals surface area contributed by atoms with Crippen LogP contribution in [-0.2, 0) is 58.5 Å². The van der Waals surface area contributed by atoms with Crippen LogP contribution < -0.4 is 27.4 Å². The van der Waals surface area contributed by atoms with Crippen LogP contribution in [0.25, 0.3) is 0 Å². The Morgan fingerprint density at radius 1 is 1.13 bits per heavy atom. The molecule has 0 fully saturated rings. The number of benzene rings is 1. The van der Waals surface area contributed by atoms with Crippen molar-refractivity contribution >= 4 is 72.1 Å². The number of rotatable bonds is 18. The maximum Gasteiger partial charge on any atom is 2.00 e. The van der Waals surface area contributed by atoms with E-state index in [0.717, 1.165) is 5.56 Å². The Morgan fingerprint density at radius 2 is 1.69 bits per heavy atom. The number of hydrogen-bond acceptors (Lipinski definition) is 11. The summed E-state index contributed by atoms with van der Waals surface area (Å²) >= 11 is 0. The molecule has 45 heavy (non-hydrogen) atoms. The molecule has 0 aromatic heterocycles. The zero-order valence-electron chi connectivity index (χ0n) is 27.4. The van der Waals surface area contributed by atoms with E-state index in [0.29, 0.717) is 53.1 Å². The topological polar surface area (TPSA) is 200 Å². The summed E-state index contributed by atoms with van der Waals surface area (Å²) in [4.78, 5) is 65.5. The molecule has 0 aliphatic heterocycles. The summed E-state index contributed by atoms with van der Waals surface area (Å²) in [6.45, 7) is 9.09. The monoisotopic (exact) mass is 731 g/mol. The first-order valence-corrected chi connectivity index (χ1v) is 16.3. The van der Waals surface area contributed by atoms with Crippen LogP contribution in [0, 0.1) is 6.66 Å². The van der Waals surface area contributed by atoms with Crippen molar-refractivity contribution in [2.45, 2.75) is 64.4 Å². The average Bonchev–Trinajstić information content (AvgIpc) is 3.00. The maximum absolute atomic E-state index is 13.5. The third-order valence-corrected chi connectivity index (χ3v) is 6.99. The van der Waals surface area contributed by atoms with Crippen LogP contribution in [0.5, 0.6) is 0 Å². The van der Waals surface area contributed by atoms with E-state index >= 15 is 0 Å². The van der Waals surface area contributed by atoms with Gasteiger partial charge in [-0.05, 0) is 55.8 Å². The minimum atomic E-state index is -1.88. The van der Waals surface area contributed by atoms with Gasteiger partial charge in [-0.3, -0.25) is 30.3 Å². The van der Waals surface area contributed by atoms with Gasteiger partial charge >= 0.3 is 18.6 Å². The first-order valence-electron chi connectivity index (χ1n) is 13.8. The molecule has 255 valence electrons. The number of halogens is 1. The first kappa shape index (κ1) is 47.6. The zero-order chi connectivity index (χ0) is 35.4. The third kappa shape index (κ3) is 29.3. The summed E-state index contributed by atoms with van der Waals surface area (Å²) in [7, 11) is 5.12. The fourth-order valence-electron chi connectivity index (χ4n) is 2.38. The standard InChI is InChI=1S/C20H28FN3O5S2.C5H12N2O.C2H3O.CH4P.V/c1-2-16(25)9-10-23-18(27)8-5-14-3-6-15(7-4-14)24-19(28)12-29-11-17(26)20(21)31-30-13-22;1-5(2,7-3)4(6)8;1-2-3;1-2;/h3-4,6-7,20H,2,5,8-13,22H2,1H3,(H,23,27)(H,24,28);7H,1-3H3,(H2,6,8);1H3;1-2H2;/q;;2*-1;+2/i13D;;;;. The Labute approximate surface area is 289 Å². The van der Waals surface area contributed by atoms with Crippen LogP contribution in [-0.4, -0.2) is 79.3 Å². The van der Waals surface area contributed by atoms with E-state index in [9.17, 15) is 28.4 Å². The Balaban J connectivity index is -0.000000533. The molecule has 17 heteroatoms. The number of aryl methyl sites for hydroxylation is 1. The number of amides is 3. The van der Waals surface area contributed by atoms with Crippen LogP contribution >= 0.6 is 30.8 Å². The van der Waals surface area contributed by atoms with Crippen molar-refractivity contribution in [3.8, 4) is 0 Å². The fraction of sp³-hybridized carbons (Fsp3) is 0.536. The van der Waals surface area contributed by atoms with E-state index in [1.807, 2.05) is 0 Å². The van der Waals surface area contributed by atoms with E-state index in [4.69, 9.17) is 22.4 Å². The summed E-state index contributed by atoms with van der Waals surface area (Å²) < 4.78 is 25.5. The molecule has 0 aliphatic carbocycles. The minimum Gasteiger partial charge on any atom is -0.542 e. The van der Waals surface area contributed by atoms with Crippen molar-refractivity contribution in [2.75, 3.05) is 38.0 Å². The third-order valence-electron chi connectivity index (χ3n) is 5.17. The van der Waals surface area contributed by atoms with Crippen molar-refractivity contribution in [1.29, 1.82) is 0 Å². The van der Waals surface area contributed by atoms with Crippen molar-refractivity contribution < 1.29 is 57.8 Å². The molecule has 3 unspecified atom stereocenters. The van der Waals surface area contributed by atoms with E-state index < -0.39 is 41.8 Å². The molecule has 1 radical (unpaired) electrons. The number of Topliss-reactive ketones (excluding diaryl/α,β-unsaturated/α-hetero) is 2. The first-order chi connectivity index (χ1) is 21.1. The number of nitrogens with one attached hydrogen (secondary N) is 3. The number of carbonyl (C=O) groups excluding carboxylic acids is 6. The van der Waals surface area contributed by atoms with Gasteiger partial charge in [-0.1, -0.05) is 29.9 Å². The number of ether oxygens (including phenoxy) is 1. The van der Waals surface area contributed by atoms with Gasteiger partial charge in [-0.15, -0.1) is 0 Å². The van der Waals surface area contributed by atoms with E-state index in [1.165, 1.54) is 13.2 Å². The zero-order valence-corrected chi connectivity index (χ0v) is 30.5. The average molecular weight is 732 g/mol. The van der Waals surface area contributed by atoms with Gasteiger partial charge in [0.05, 0.1) is 6.91 Å². The van der Waals surface area contributed by atoms with Crippen LogP contribution in [0.3, 0.4) is 0 Å². The van der Waals surface area contributed by atoms with Crippen molar-refractivity contribution in [1.82, 2.24) is 10.6 Å². The molecule has 3 atom stereocenters. The SMILES string of the molecule is CNC(C)(C)C(N)=O.C[C-]=O.[2H]C(N)SSC(F)C(=O)COCC(=O)Nc1ccc(CCC(=O)NCCC(=O)CC)cc1.[CH2-]P.[V+2]. The molecule has 0 spiro atoms. The second-order valence-corrected chi connectivity index (χ2v) is 11.0. The van der Waals surface area contributed by atoms with Gasteiger partial charge in [0.2, 0.25) is 29.0 Å². The maximum atomic E-state index is 13.5. The van der Waals surface area contributed by atoms with Gasteiger partial charge in [-0.2, -0.15) is 6.92 Å². The van der Waals surface area contributed by atoms with Gasteiger partial charge in [0.15, 0.2) is 0 Å². The van der Waals surface area contributed by atoms with Crippen LogP contribution in [0.1, 0.15) is 53.9 Å². The molecule has 0 bridgehead atoms. The predicted molar refractivity (Wildman–Crippen MR) is 180 cm³/mol. The second-order valence-electron chi connectivity index (χ2n) is 8.78. The van der Waals surface area contributed by atoms with Crippen LogP contribution in [0.15, 0.2) is 24.3 Å². The molecule has 12 nitrogen and oxygen atoms in total. The summed E-state index contributed by atoms with van der Waals surface area (Å²) in [5, 5.41) is 8.06. The molecule has 0 saturated carbocycles. The Kier molecular flexibility index (Phi) is 34.0. The molecule has 7 N–H and O–H groups in total. The Morgan fingerprint density at radius 3 is 2.13 bits per heavy atom. The van der Waals surface area contributed by atoms with Crippen molar-refractivity contribution in [3.05, 3.63) is 36.5 Å². The Hall–Kier alpha value is -1.84. The molecular weight excluding hydrogens is 683 g/mol. The number of anilines is 1. The smallest absolute Gasteiger partial charge is 0.542 e. The van der Waals surface area contributed by atoms with Gasteiger partial charge < -0.3 is 52.9 Å². The number of primary amides is 1. The largest absolute Gasteiger partial charge is 2.00 e. The van der Waals surface area contributed by atoms with Crippen LogP contribution in [0.2, 0.25) is 0 Å². The van der Waals surface area contributed by atoms with Gasteiger partial charge in [0.25, 0.3) is 0 Å². The number of likely N-dealkylation sites (N-methyl/N-ethyl adjacent to an activating group) is 1. The van der Waals surface area contributed by atoms with Gasteiger partial charge in [0.1, 0.15) is 19.0 Å². The number of hydrogen-bond donors (Lipinski definition) is 5. The van der Waals surface area contributed by atoms with E-state index in [2.05, 4.69) is 31.9 Å².